The van der Waals surface area contributed by atoms with Crippen LogP contribution in [0.1, 0.15) is 15.9 Å². The van der Waals surface area contributed by atoms with E-state index in [0.29, 0.717) is 26.2 Å². The first kappa shape index (κ1) is 20.9. The lowest BCUT2D eigenvalue weighted by Gasteiger charge is -2.36. The highest BCUT2D eigenvalue weighted by Crippen LogP contribution is 2.29. The van der Waals surface area contributed by atoms with E-state index in [9.17, 15) is 22.8 Å². The molecule has 2 fully saturated rings. The van der Waals surface area contributed by atoms with Crippen molar-refractivity contribution in [3.05, 3.63) is 35.4 Å². The zero-order valence-corrected chi connectivity index (χ0v) is 15.4. The summed E-state index contributed by atoms with van der Waals surface area (Å²) in [6.45, 7) is 1.64. The Hall–Kier alpha value is -1.45. The van der Waals surface area contributed by atoms with Crippen LogP contribution >= 0.6 is 24.2 Å². The summed E-state index contributed by atoms with van der Waals surface area (Å²) >= 11 is 1.68. The first-order chi connectivity index (χ1) is 11.9. The number of hydrogen-bond donors (Lipinski definition) is 1. The first-order valence-corrected chi connectivity index (χ1v) is 9.08. The van der Waals surface area contributed by atoms with Gasteiger partial charge in [0.25, 0.3) is 5.91 Å². The molecule has 3 rings (SSSR count). The fourth-order valence-corrected chi connectivity index (χ4v) is 3.82. The van der Waals surface area contributed by atoms with Crippen molar-refractivity contribution in [3.63, 3.8) is 0 Å². The summed E-state index contributed by atoms with van der Waals surface area (Å²) in [6.07, 6.45) is -4.42. The minimum absolute atomic E-state index is 0. The van der Waals surface area contributed by atoms with Crippen LogP contribution in [-0.2, 0) is 11.0 Å². The monoisotopic (exact) mass is 409 g/mol. The second-order valence-electron chi connectivity index (χ2n) is 5.96. The highest BCUT2D eigenvalue weighted by Gasteiger charge is 2.32. The van der Waals surface area contributed by atoms with Gasteiger partial charge in [0.1, 0.15) is 0 Å². The third-order valence-corrected chi connectivity index (χ3v) is 5.29. The molecule has 0 aliphatic carbocycles. The van der Waals surface area contributed by atoms with Crippen molar-refractivity contribution in [2.24, 2.45) is 0 Å². The SMILES string of the molecule is Cl.O=C(c1ccc(C(F)(F)F)cc1)N1CCN(C(=O)C2CSCN2)CC1. The van der Waals surface area contributed by atoms with Crippen LogP contribution in [0.15, 0.2) is 24.3 Å². The number of hydrogen-bond acceptors (Lipinski definition) is 4. The summed E-state index contributed by atoms with van der Waals surface area (Å²) < 4.78 is 37.7. The van der Waals surface area contributed by atoms with Gasteiger partial charge in [-0.05, 0) is 24.3 Å². The van der Waals surface area contributed by atoms with Gasteiger partial charge >= 0.3 is 6.18 Å². The lowest BCUT2D eigenvalue weighted by Crippen LogP contribution is -2.54. The van der Waals surface area contributed by atoms with E-state index < -0.39 is 11.7 Å². The molecule has 2 amide bonds. The van der Waals surface area contributed by atoms with Gasteiger partial charge in [-0.2, -0.15) is 13.2 Å². The van der Waals surface area contributed by atoms with Gasteiger partial charge in [0.2, 0.25) is 5.91 Å². The lowest BCUT2D eigenvalue weighted by atomic mass is 10.1. The van der Waals surface area contributed by atoms with Crippen LogP contribution in [0.5, 0.6) is 0 Å². The number of carbonyl (C=O) groups is 2. The van der Waals surface area contributed by atoms with Gasteiger partial charge in [0, 0.05) is 43.4 Å². The molecule has 0 saturated carbocycles. The molecule has 2 aliphatic rings. The molecule has 1 aromatic rings. The minimum Gasteiger partial charge on any atom is -0.338 e. The zero-order chi connectivity index (χ0) is 18.0. The van der Waals surface area contributed by atoms with Crippen molar-refractivity contribution >= 4 is 36.0 Å². The first-order valence-electron chi connectivity index (χ1n) is 7.93. The van der Waals surface area contributed by atoms with Crippen molar-refractivity contribution in [2.75, 3.05) is 37.8 Å². The largest absolute Gasteiger partial charge is 0.416 e. The molecule has 2 aliphatic heterocycles. The van der Waals surface area contributed by atoms with E-state index in [2.05, 4.69) is 5.32 Å². The Labute approximate surface area is 159 Å². The number of alkyl halides is 3. The van der Waals surface area contributed by atoms with Crippen LogP contribution in [0.2, 0.25) is 0 Å². The maximum absolute atomic E-state index is 12.6. The second-order valence-corrected chi connectivity index (χ2v) is 6.99. The van der Waals surface area contributed by atoms with E-state index >= 15 is 0 Å². The van der Waals surface area contributed by atoms with E-state index in [-0.39, 0.29) is 35.8 Å². The fraction of sp³-hybridized carbons (Fsp3) is 0.500. The van der Waals surface area contributed by atoms with Gasteiger partial charge < -0.3 is 9.80 Å². The van der Waals surface area contributed by atoms with Gasteiger partial charge in [-0.1, -0.05) is 0 Å². The van der Waals surface area contributed by atoms with Crippen molar-refractivity contribution in [3.8, 4) is 0 Å². The van der Waals surface area contributed by atoms with Gasteiger partial charge in [-0.15, -0.1) is 24.2 Å². The fourth-order valence-electron chi connectivity index (χ4n) is 2.89. The Morgan fingerprint density at radius 1 is 1.04 bits per heavy atom. The van der Waals surface area contributed by atoms with E-state index in [1.54, 1.807) is 21.6 Å². The molecule has 0 bridgehead atoms. The lowest BCUT2D eigenvalue weighted by molar-refractivity contribution is -0.137. The molecular weight excluding hydrogens is 391 g/mol. The highest BCUT2D eigenvalue weighted by atomic mass is 35.5. The van der Waals surface area contributed by atoms with Crippen molar-refractivity contribution < 1.29 is 22.8 Å². The molecule has 1 unspecified atom stereocenters. The van der Waals surface area contributed by atoms with Gasteiger partial charge in [0.15, 0.2) is 0 Å². The number of thioether (sulfide) groups is 1. The molecule has 0 spiro atoms. The molecule has 0 radical (unpaired) electrons. The molecule has 1 N–H and O–H groups in total. The predicted octanol–water partition coefficient (Wildman–Crippen LogP) is 2.07. The van der Waals surface area contributed by atoms with E-state index in [1.165, 1.54) is 12.1 Å². The van der Waals surface area contributed by atoms with Crippen molar-refractivity contribution in [1.82, 2.24) is 15.1 Å². The summed E-state index contributed by atoms with van der Waals surface area (Å²) in [5, 5.41) is 3.13. The number of carbonyl (C=O) groups excluding carboxylic acids is 2. The second kappa shape index (κ2) is 8.49. The highest BCUT2D eigenvalue weighted by molar-refractivity contribution is 7.99. The van der Waals surface area contributed by atoms with Gasteiger partial charge in [-0.25, -0.2) is 0 Å². The number of benzene rings is 1. The molecular formula is C16H19ClF3N3O2S. The van der Waals surface area contributed by atoms with E-state index in [4.69, 9.17) is 0 Å². The standard InChI is InChI=1S/C16H18F3N3O2S.ClH/c17-16(18,19)12-3-1-11(2-4-12)14(23)21-5-7-22(8-6-21)15(24)13-9-25-10-20-13;/h1-4,13,20H,5-10H2;1H. The van der Waals surface area contributed by atoms with Crippen LogP contribution in [-0.4, -0.2) is 65.5 Å². The number of halogens is 4. The predicted molar refractivity (Wildman–Crippen MR) is 95.4 cm³/mol. The van der Waals surface area contributed by atoms with E-state index in [1.807, 2.05) is 0 Å². The molecule has 144 valence electrons. The van der Waals surface area contributed by atoms with Crippen LogP contribution < -0.4 is 5.32 Å². The topological polar surface area (TPSA) is 52.7 Å². The Kier molecular flexibility index (Phi) is 6.81. The van der Waals surface area contributed by atoms with Crippen molar-refractivity contribution in [1.29, 1.82) is 0 Å². The van der Waals surface area contributed by atoms with Crippen LogP contribution in [0.25, 0.3) is 0 Å². The number of amides is 2. The number of nitrogens with zero attached hydrogens (tertiary/aromatic N) is 2. The summed E-state index contributed by atoms with van der Waals surface area (Å²) in [5.74, 6) is 1.26. The quantitative estimate of drug-likeness (QED) is 0.812. The molecule has 0 aromatic heterocycles. The van der Waals surface area contributed by atoms with Crippen LogP contribution in [0.4, 0.5) is 13.2 Å². The van der Waals surface area contributed by atoms with Gasteiger partial charge in [-0.3, -0.25) is 14.9 Å². The number of rotatable bonds is 2. The molecule has 5 nitrogen and oxygen atoms in total. The minimum atomic E-state index is -4.42. The maximum atomic E-state index is 12.6. The molecule has 2 heterocycles. The maximum Gasteiger partial charge on any atom is 0.416 e. The third kappa shape index (κ3) is 4.63. The number of nitrogens with one attached hydrogen (secondary N) is 1. The molecule has 26 heavy (non-hydrogen) atoms. The Morgan fingerprint density at radius 3 is 2.12 bits per heavy atom. The molecule has 1 aromatic carbocycles. The third-order valence-electron chi connectivity index (χ3n) is 4.35. The van der Waals surface area contributed by atoms with E-state index in [0.717, 1.165) is 23.8 Å². The molecule has 10 heteroatoms. The summed E-state index contributed by atoms with van der Waals surface area (Å²) in [4.78, 5) is 28.0. The molecule has 2 saturated heterocycles. The summed E-state index contributed by atoms with van der Waals surface area (Å²) in [7, 11) is 0. The summed E-state index contributed by atoms with van der Waals surface area (Å²) in [6, 6.07) is 4.06. The smallest absolute Gasteiger partial charge is 0.338 e. The summed E-state index contributed by atoms with van der Waals surface area (Å²) in [5.41, 5.74) is -0.553. The van der Waals surface area contributed by atoms with Crippen molar-refractivity contribution in [2.45, 2.75) is 12.2 Å². The van der Waals surface area contributed by atoms with Crippen LogP contribution in [0, 0.1) is 0 Å². The Morgan fingerprint density at radius 2 is 1.62 bits per heavy atom. The zero-order valence-electron chi connectivity index (χ0n) is 13.8. The number of piperazine rings is 1. The molecule has 1 atom stereocenters. The average Bonchev–Trinajstić information content (AvgIpc) is 3.14. The average molecular weight is 410 g/mol. The van der Waals surface area contributed by atoms with Crippen LogP contribution in [0.3, 0.4) is 0 Å². The Bertz CT molecular complexity index is 643. The van der Waals surface area contributed by atoms with Gasteiger partial charge in [0.05, 0.1) is 11.6 Å². The normalized spacial score (nSPS) is 20.7. The Balaban J connectivity index is 0.00000243.